The van der Waals surface area contributed by atoms with Crippen LogP contribution in [-0.2, 0) is 23.1 Å². The van der Waals surface area contributed by atoms with Crippen LogP contribution in [-0.4, -0.2) is 38.8 Å². The van der Waals surface area contributed by atoms with Gasteiger partial charge >= 0.3 is 0 Å². The van der Waals surface area contributed by atoms with E-state index in [1.807, 2.05) is 30.3 Å². The first kappa shape index (κ1) is 24.4. The minimum Gasteiger partial charge on any atom is -0.352 e. The number of benzene rings is 1. The predicted octanol–water partition coefficient (Wildman–Crippen LogP) is 4.06. The van der Waals surface area contributed by atoms with Gasteiger partial charge in [-0.15, -0.1) is 35.3 Å². The average Bonchev–Trinajstić information content (AvgIpc) is 3.20. The molecule has 3 rings (SSSR count). The van der Waals surface area contributed by atoms with Crippen molar-refractivity contribution >= 4 is 62.9 Å². The van der Waals surface area contributed by atoms with Crippen LogP contribution in [0.1, 0.15) is 29.7 Å². The van der Waals surface area contributed by atoms with Crippen molar-refractivity contribution < 1.29 is 8.42 Å². The first-order chi connectivity index (χ1) is 13.5. The molecule has 6 nitrogen and oxygen atoms in total. The van der Waals surface area contributed by atoms with Crippen molar-refractivity contribution in [2.75, 3.05) is 20.1 Å². The highest BCUT2D eigenvalue weighted by molar-refractivity contribution is 14.0. The molecule has 0 unspecified atom stereocenters. The third-order valence-electron chi connectivity index (χ3n) is 4.60. The van der Waals surface area contributed by atoms with Crippen LogP contribution in [0.4, 0.5) is 0 Å². The third kappa shape index (κ3) is 6.55. The molecule has 29 heavy (non-hydrogen) atoms. The molecule has 0 saturated carbocycles. The Bertz CT molecular complexity index is 928. The summed E-state index contributed by atoms with van der Waals surface area (Å²) in [6, 6.07) is 11.2. The van der Waals surface area contributed by atoms with Gasteiger partial charge in [0.2, 0.25) is 0 Å². The number of nitrogens with zero attached hydrogens (tertiary/aromatic N) is 2. The van der Waals surface area contributed by atoms with Crippen LogP contribution in [0.2, 0.25) is 5.02 Å². The zero-order chi connectivity index (χ0) is 20.0. The van der Waals surface area contributed by atoms with Crippen molar-refractivity contribution in [1.82, 2.24) is 14.9 Å². The van der Waals surface area contributed by atoms with E-state index in [1.165, 1.54) is 11.3 Å². The Kier molecular flexibility index (Phi) is 9.67. The van der Waals surface area contributed by atoms with Gasteiger partial charge in [0.05, 0.1) is 6.54 Å². The summed E-state index contributed by atoms with van der Waals surface area (Å²) >= 11 is 7.48. The van der Waals surface area contributed by atoms with Crippen LogP contribution in [0.15, 0.2) is 45.6 Å². The highest BCUT2D eigenvalue weighted by atomic mass is 127. The van der Waals surface area contributed by atoms with E-state index in [2.05, 4.69) is 15.6 Å². The van der Waals surface area contributed by atoms with E-state index in [4.69, 9.17) is 11.6 Å². The summed E-state index contributed by atoms with van der Waals surface area (Å²) < 4.78 is 27.5. The number of sulfonamides is 1. The number of piperidine rings is 1. The van der Waals surface area contributed by atoms with Crippen LogP contribution >= 0.6 is 46.9 Å². The summed E-state index contributed by atoms with van der Waals surface area (Å²) in [5, 5.41) is 7.14. The molecule has 1 saturated heterocycles. The SMILES string of the molecule is CN=C(NCc1ccc(S(=O)(=O)N2CCCCC2)s1)NCc1ccccc1Cl.I. The summed E-state index contributed by atoms with van der Waals surface area (Å²) in [6.07, 6.45) is 2.98. The standard InChI is InChI=1S/C19H25ClN4O2S2.HI/c1-21-19(22-13-15-7-3-4-8-17(15)20)23-14-16-9-10-18(27-16)28(25,26)24-11-5-2-6-12-24;/h3-4,7-10H,2,5-6,11-14H2,1H3,(H2,21,22,23);1H. The monoisotopic (exact) mass is 568 g/mol. The molecule has 1 aliphatic rings. The molecule has 0 atom stereocenters. The van der Waals surface area contributed by atoms with Gasteiger partial charge in [0.25, 0.3) is 10.0 Å². The van der Waals surface area contributed by atoms with Gasteiger partial charge in [0, 0.05) is 36.6 Å². The Morgan fingerprint density at radius 3 is 2.48 bits per heavy atom. The number of guanidine groups is 1. The van der Waals surface area contributed by atoms with Crippen LogP contribution < -0.4 is 10.6 Å². The quantitative estimate of drug-likeness (QED) is 0.313. The molecule has 0 radical (unpaired) electrons. The molecule has 2 heterocycles. The lowest BCUT2D eigenvalue weighted by molar-refractivity contribution is 0.347. The van der Waals surface area contributed by atoms with Crippen LogP contribution in [0, 0.1) is 0 Å². The Hall–Kier alpha value is -0.880. The van der Waals surface area contributed by atoms with Crippen molar-refractivity contribution in [2.24, 2.45) is 4.99 Å². The van der Waals surface area contributed by atoms with Gasteiger partial charge in [0.1, 0.15) is 4.21 Å². The van der Waals surface area contributed by atoms with E-state index in [-0.39, 0.29) is 24.0 Å². The molecule has 1 aliphatic heterocycles. The predicted molar refractivity (Wildman–Crippen MR) is 131 cm³/mol. The Morgan fingerprint density at radius 2 is 1.79 bits per heavy atom. The molecular formula is C19H26ClIN4O2S2. The highest BCUT2D eigenvalue weighted by Crippen LogP contribution is 2.27. The molecule has 10 heteroatoms. The van der Waals surface area contributed by atoms with Crippen molar-refractivity contribution in [3.63, 3.8) is 0 Å². The zero-order valence-corrected chi connectivity index (χ0v) is 20.9. The maximum absolute atomic E-state index is 12.8. The van der Waals surface area contributed by atoms with Crippen molar-refractivity contribution in [3.05, 3.63) is 51.9 Å². The second-order valence-corrected chi connectivity index (χ2v) is 10.3. The van der Waals surface area contributed by atoms with Gasteiger partial charge in [0.15, 0.2) is 5.96 Å². The molecule has 2 aromatic rings. The molecule has 0 bridgehead atoms. The second-order valence-electron chi connectivity index (χ2n) is 6.56. The molecule has 1 aromatic carbocycles. The van der Waals surface area contributed by atoms with E-state index in [0.29, 0.717) is 41.4 Å². The maximum atomic E-state index is 12.8. The highest BCUT2D eigenvalue weighted by Gasteiger charge is 2.27. The second kappa shape index (κ2) is 11.5. The van der Waals surface area contributed by atoms with Crippen LogP contribution in [0.3, 0.4) is 0 Å². The number of nitrogens with one attached hydrogen (secondary N) is 2. The number of halogens is 2. The number of rotatable bonds is 6. The molecule has 160 valence electrons. The molecule has 1 fully saturated rings. The van der Waals surface area contributed by atoms with Gasteiger partial charge in [-0.1, -0.05) is 36.2 Å². The summed E-state index contributed by atoms with van der Waals surface area (Å²) in [4.78, 5) is 5.15. The zero-order valence-electron chi connectivity index (χ0n) is 16.2. The minimum absolute atomic E-state index is 0. The maximum Gasteiger partial charge on any atom is 0.252 e. The molecule has 1 aromatic heterocycles. The fourth-order valence-corrected chi connectivity index (χ4v) is 6.21. The lowest BCUT2D eigenvalue weighted by Crippen LogP contribution is -2.36. The minimum atomic E-state index is -3.37. The Morgan fingerprint density at radius 1 is 1.10 bits per heavy atom. The lowest BCUT2D eigenvalue weighted by atomic mass is 10.2. The molecule has 0 amide bonds. The summed E-state index contributed by atoms with van der Waals surface area (Å²) in [6.45, 7) is 2.29. The van der Waals surface area contributed by atoms with Gasteiger partial charge in [-0.05, 0) is 36.6 Å². The summed E-state index contributed by atoms with van der Waals surface area (Å²) in [7, 11) is -1.68. The van der Waals surface area contributed by atoms with Gasteiger partial charge in [-0.3, -0.25) is 4.99 Å². The third-order valence-corrected chi connectivity index (χ3v) is 8.42. The van der Waals surface area contributed by atoms with Crippen molar-refractivity contribution in [1.29, 1.82) is 0 Å². The van der Waals surface area contributed by atoms with E-state index >= 15 is 0 Å². The summed E-state index contributed by atoms with van der Waals surface area (Å²) in [5.41, 5.74) is 0.984. The molecule has 0 spiro atoms. The van der Waals surface area contributed by atoms with E-state index in [1.54, 1.807) is 17.4 Å². The number of aliphatic imine (C=N–C) groups is 1. The van der Waals surface area contributed by atoms with Crippen LogP contribution in [0.5, 0.6) is 0 Å². The molecule has 0 aliphatic carbocycles. The van der Waals surface area contributed by atoms with Gasteiger partial charge < -0.3 is 10.6 Å². The molecular weight excluding hydrogens is 543 g/mol. The largest absolute Gasteiger partial charge is 0.352 e. The number of thiophene rings is 1. The summed E-state index contributed by atoms with van der Waals surface area (Å²) in [5.74, 6) is 0.633. The topological polar surface area (TPSA) is 73.8 Å². The molecule has 2 N–H and O–H groups in total. The Labute approximate surface area is 198 Å². The average molecular weight is 569 g/mol. The number of hydrogen-bond acceptors (Lipinski definition) is 4. The number of hydrogen-bond donors (Lipinski definition) is 2. The fraction of sp³-hybridized carbons (Fsp3) is 0.421. The van der Waals surface area contributed by atoms with E-state index in [9.17, 15) is 8.42 Å². The van der Waals surface area contributed by atoms with Gasteiger partial charge in [-0.25, -0.2) is 8.42 Å². The Balaban J connectivity index is 0.00000300. The van der Waals surface area contributed by atoms with Crippen molar-refractivity contribution in [3.8, 4) is 0 Å². The lowest BCUT2D eigenvalue weighted by Gasteiger charge is -2.25. The smallest absolute Gasteiger partial charge is 0.252 e. The normalized spacial score (nSPS) is 15.6. The van der Waals surface area contributed by atoms with E-state index in [0.717, 1.165) is 29.7 Å². The first-order valence-electron chi connectivity index (χ1n) is 9.27. The van der Waals surface area contributed by atoms with Crippen molar-refractivity contribution in [2.45, 2.75) is 36.6 Å². The van der Waals surface area contributed by atoms with Gasteiger partial charge in [-0.2, -0.15) is 4.31 Å². The van der Waals surface area contributed by atoms with E-state index < -0.39 is 10.0 Å². The fourth-order valence-electron chi connectivity index (χ4n) is 3.04. The first-order valence-corrected chi connectivity index (χ1v) is 11.9. The van der Waals surface area contributed by atoms with Crippen LogP contribution in [0.25, 0.3) is 0 Å².